The number of non-ortho nitro benzene ring substituents is 1. The first-order valence-electron chi connectivity index (χ1n) is 6.44. The van der Waals surface area contributed by atoms with Crippen LogP contribution in [0.1, 0.15) is 30.4 Å². The van der Waals surface area contributed by atoms with E-state index in [1.165, 1.54) is 11.0 Å². The van der Waals surface area contributed by atoms with Crippen molar-refractivity contribution in [1.29, 1.82) is 0 Å². The van der Waals surface area contributed by atoms with Gasteiger partial charge in [-0.3, -0.25) is 10.1 Å². The molecule has 0 N–H and O–H groups in total. The number of hydrogen-bond acceptors (Lipinski definition) is 5. The molecule has 21 heavy (non-hydrogen) atoms. The summed E-state index contributed by atoms with van der Waals surface area (Å²) in [6, 6.07) is 4.71. The van der Waals surface area contributed by atoms with Crippen LogP contribution >= 0.6 is 11.8 Å². The summed E-state index contributed by atoms with van der Waals surface area (Å²) in [6.07, 6.45) is 1.75. The third-order valence-electron chi connectivity index (χ3n) is 3.88. The molecule has 0 fully saturated rings. The van der Waals surface area contributed by atoms with Crippen LogP contribution in [0.25, 0.3) is 5.70 Å². The smallest absolute Gasteiger partial charge is 0.270 e. The molecule has 1 atom stereocenters. The minimum atomic E-state index is -0.380. The Bertz CT molecular complexity index is 825. The zero-order valence-electron chi connectivity index (χ0n) is 11.4. The molecule has 2 aliphatic rings. The fraction of sp³-hybridized carbons (Fsp3) is 0.214. The van der Waals surface area contributed by atoms with Gasteiger partial charge in [0.15, 0.2) is 0 Å². The van der Waals surface area contributed by atoms with Crippen LogP contribution in [-0.4, -0.2) is 14.5 Å². The molecule has 0 amide bonds. The molecule has 1 aromatic carbocycles. The van der Waals surface area contributed by atoms with Gasteiger partial charge in [0, 0.05) is 28.3 Å². The molecule has 0 bridgehead atoms. The Hall–Kier alpha value is -2.28. The normalized spacial score (nSPS) is 18.9. The molecule has 2 aromatic rings. The molecule has 3 heterocycles. The summed E-state index contributed by atoms with van der Waals surface area (Å²) in [7, 11) is 0. The lowest BCUT2D eigenvalue weighted by molar-refractivity contribution is -0.384. The average molecular weight is 301 g/mol. The van der Waals surface area contributed by atoms with Gasteiger partial charge in [0.25, 0.3) is 5.69 Å². The zero-order valence-corrected chi connectivity index (χ0v) is 12.2. The number of nitrogens with zero attached hydrogens (tertiary/aromatic N) is 3. The van der Waals surface area contributed by atoms with Gasteiger partial charge in [0.05, 0.1) is 10.2 Å². The Morgan fingerprint density at radius 2 is 2.24 bits per heavy atom. The van der Waals surface area contributed by atoms with Crippen molar-refractivity contribution in [3.8, 4) is 11.6 Å². The van der Waals surface area contributed by atoms with Crippen molar-refractivity contribution in [3.63, 3.8) is 0 Å². The summed E-state index contributed by atoms with van der Waals surface area (Å²) in [5.41, 5.74) is 2.98. The lowest BCUT2D eigenvalue weighted by Crippen LogP contribution is -2.15. The quantitative estimate of drug-likeness (QED) is 0.589. The lowest BCUT2D eigenvalue weighted by atomic mass is 10.0. The van der Waals surface area contributed by atoms with Gasteiger partial charge >= 0.3 is 0 Å². The second-order valence-electron chi connectivity index (χ2n) is 5.03. The third-order valence-corrected chi connectivity index (χ3v) is 5.24. The molecule has 2 aliphatic heterocycles. The number of fused-ring (bicyclic) bond motifs is 2. The first-order chi connectivity index (χ1) is 10.1. The Kier molecular flexibility index (Phi) is 2.44. The molecule has 6 nitrogen and oxygen atoms in total. The maximum atomic E-state index is 11.0. The average Bonchev–Trinajstić information content (AvgIpc) is 2.88. The molecule has 1 aromatic heterocycles. The Morgan fingerprint density at radius 1 is 1.43 bits per heavy atom. The molecule has 4 rings (SSSR count). The summed E-state index contributed by atoms with van der Waals surface area (Å²) in [6.45, 7) is 4.08. The van der Waals surface area contributed by atoms with Gasteiger partial charge in [-0.05, 0) is 19.9 Å². The predicted octanol–water partition coefficient (Wildman–Crippen LogP) is 3.94. The molecular formula is C14H11N3O3S. The number of imidazole rings is 1. The van der Waals surface area contributed by atoms with Crippen LogP contribution in [0.4, 0.5) is 5.69 Å². The Labute approximate surface area is 124 Å². The van der Waals surface area contributed by atoms with Crippen LogP contribution in [-0.2, 0) is 0 Å². The second kappa shape index (κ2) is 4.11. The molecule has 0 saturated heterocycles. The third kappa shape index (κ3) is 1.64. The number of nitro groups is 1. The van der Waals surface area contributed by atoms with Crippen molar-refractivity contribution >= 4 is 23.1 Å². The second-order valence-corrected chi connectivity index (χ2v) is 6.35. The van der Waals surface area contributed by atoms with E-state index in [1.807, 2.05) is 11.5 Å². The lowest BCUT2D eigenvalue weighted by Gasteiger charge is -2.30. The summed E-state index contributed by atoms with van der Waals surface area (Å²) < 4.78 is 7.80. The van der Waals surface area contributed by atoms with Crippen molar-refractivity contribution in [2.75, 3.05) is 0 Å². The van der Waals surface area contributed by atoms with E-state index in [0.717, 1.165) is 17.0 Å². The summed E-state index contributed by atoms with van der Waals surface area (Å²) in [5.74, 6) is 1.23. The number of ether oxygens (including phenoxy) is 1. The first-order valence-corrected chi connectivity index (χ1v) is 7.32. The number of thioether (sulfide) groups is 1. The Balaban J connectivity index is 1.94. The number of rotatable bonds is 1. The SMILES string of the molecule is CC1=C(C)n2cnc3c2C(S1)c1cc([N+](=O)[O-])ccc1O3. The van der Waals surface area contributed by atoms with Gasteiger partial charge in [0.1, 0.15) is 17.8 Å². The largest absolute Gasteiger partial charge is 0.437 e. The molecule has 0 spiro atoms. The summed E-state index contributed by atoms with van der Waals surface area (Å²) in [5, 5.41) is 11.0. The molecule has 106 valence electrons. The van der Waals surface area contributed by atoms with Crippen molar-refractivity contribution in [2.24, 2.45) is 0 Å². The van der Waals surface area contributed by atoms with E-state index in [4.69, 9.17) is 4.74 Å². The predicted molar refractivity (Wildman–Crippen MR) is 79.4 cm³/mol. The fourth-order valence-electron chi connectivity index (χ4n) is 2.68. The maximum absolute atomic E-state index is 11.0. The summed E-state index contributed by atoms with van der Waals surface area (Å²) in [4.78, 5) is 16.1. The van der Waals surface area contributed by atoms with Gasteiger partial charge in [0.2, 0.25) is 5.88 Å². The number of nitro benzene ring substituents is 1. The maximum Gasteiger partial charge on any atom is 0.270 e. The molecule has 0 saturated carbocycles. The van der Waals surface area contributed by atoms with Gasteiger partial charge in [-0.2, -0.15) is 0 Å². The van der Waals surface area contributed by atoms with Gasteiger partial charge < -0.3 is 9.30 Å². The van der Waals surface area contributed by atoms with E-state index >= 15 is 0 Å². The fourth-order valence-corrected chi connectivity index (χ4v) is 3.94. The van der Waals surface area contributed by atoms with E-state index in [2.05, 4.69) is 11.9 Å². The van der Waals surface area contributed by atoms with Gasteiger partial charge in [-0.25, -0.2) is 4.98 Å². The van der Waals surface area contributed by atoms with E-state index in [9.17, 15) is 10.1 Å². The van der Waals surface area contributed by atoms with Gasteiger partial charge in [-0.1, -0.05) is 0 Å². The highest BCUT2D eigenvalue weighted by Crippen LogP contribution is 2.55. The molecule has 1 unspecified atom stereocenters. The van der Waals surface area contributed by atoms with E-state index in [0.29, 0.717) is 11.6 Å². The standard InChI is InChI=1S/C14H11N3O3S/c1-7-8(2)21-13-10-5-9(17(18)19)3-4-11(10)20-14-12(13)16(7)6-15-14/h3-6,13H,1-2H3. The van der Waals surface area contributed by atoms with Gasteiger partial charge in [-0.15, -0.1) is 11.8 Å². The van der Waals surface area contributed by atoms with Crippen molar-refractivity contribution in [2.45, 2.75) is 19.1 Å². The zero-order chi connectivity index (χ0) is 14.7. The van der Waals surface area contributed by atoms with E-state index < -0.39 is 0 Å². The molecule has 0 aliphatic carbocycles. The highest BCUT2D eigenvalue weighted by atomic mass is 32.2. The summed E-state index contributed by atoms with van der Waals surface area (Å²) >= 11 is 1.69. The Morgan fingerprint density at radius 3 is 3.00 bits per heavy atom. The topological polar surface area (TPSA) is 70.2 Å². The van der Waals surface area contributed by atoms with Crippen LogP contribution in [0, 0.1) is 10.1 Å². The van der Waals surface area contributed by atoms with Crippen LogP contribution in [0.3, 0.4) is 0 Å². The van der Waals surface area contributed by atoms with Crippen LogP contribution in [0.5, 0.6) is 11.6 Å². The van der Waals surface area contributed by atoms with E-state index in [1.54, 1.807) is 30.2 Å². The minimum Gasteiger partial charge on any atom is -0.437 e. The highest BCUT2D eigenvalue weighted by molar-refractivity contribution is 8.03. The molecular weight excluding hydrogens is 290 g/mol. The van der Waals surface area contributed by atoms with Crippen molar-refractivity contribution in [1.82, 2.24) is 9.55 Å². The van der Waals surface area contributed by atoms with Crippen molar-refractivity contribution in [3.05, 3.63) is 50.8 Å². The monoisotopic (exact) mass is 301 g/mol. The number of aromatic nitrogens is 2. The van der Waals surface area contributed by atoms with Crippen molar-refractivity contribution < 1.29 is 9.66 Å². The van der Waals surface area contributed by atoms with Crippen LogP contribution < -0.4 is 4.74 Å². The number of allylic oxidation sites excluding steroid dienone is 2. The molecule has 7 heteroatoms. The minimum absolute atomic E-state index is 0.0187. The first kappa shape index (κ1) is 12.5. The highest BCUT2D eigenvalue weighted by Gasteiger charge is 2.36. The van der Waals surface area contributed by atoms with E-state index in [-0.39, 0.29) is 15.9 Å². The number of benzene rings is 1. The number of hydrogen-bond donors (Lipinski definition) is 0. The molecule has 0 radical (unpaired) electrons. The van der Waals surface area contributed by atoms with Crippen LogP contribution in [0.2, 0.25) is 0 Å². The van der Waals surface area contributed by atoms with Crippen LogP contribution in [0.15, 0.2) is 29.4 Å².